The maximum atomic E-state index is 12.4. The van der Waals surface area contributed by atoms with Gasteiger partial charge in [-0.3, -0.25) is 14.6 Å². The van der Waals surface area contributed by atoms with Crippen LogP contribution >= 0.6 is 0 Å². The highest BCUT2D eigenvalue weighted by Gasteiger charge is 2.33. The van der Waals surface area contributed by atoms with Gasteiger partial charge in [-0.15, -0.1) is 0 Å². The molecular weight excluding hydrogens is 354 g/mol. The summed E-state index contributed by atoms with van der Waals surface area (Å²) in [6.45, 7) is 3.04. The standard InChI is InChI=1S/C22H21N3O3/c1-2-25-14-15(13-21(25)26)22(27)24-16-7-9-17(10-8-16)28-20-11-12-23-19-6-4-3-5-18(19)20/h3-12,15H,2,13-14H2,1H3,(H,24,27)/t15-/m0/s1. The van der Waals surface area contributed by atoms with Gasteiger partial charge < -0.3 is 15.0 Å². The van der Waals surface area contributed by atoms with E-state index < -0.39 is 0 Å². The molecule has 1 aromatic heterocycles. The molecule has 0 radical (unpaired) electrons. The lowest BCUT2D eigenvalue weighted by molar-refractivity contribution is -0.128. The third-order valence-electron chi connectivity index (χ3n) is 4.93. The Kier molecular flexibility index (Phi) is 4.93. The van der Waals surface area contributed by atoms with Gasteiger partial charge in [-0.1, -0.05) is 12.1 Å². The second kappa shape index (κ2) is 7.68. The van der Waals surface area contributed by atoms with E-state index in [1.807, 2.05) is 49.4 Å². The minimum absolute atomic E-state index is 0.0379. The van der Waals surface area contributed by atoms with E-state index in [2.05, 4.69) is 10.3 Å². The summed E-state index contributed by atoms with van der Waals surface area (Å²) in [5.74, 6) is 1.01. The number of pyridine rings is 1. The summed E-state index contributed by atoms with van der Waals surface area (Å²) in [6.07, 6.45) is 1.99. The fourth-order valence-corrected chi connectivity index (χ4v) is 3.39. The number of para-hydroxylation sites is 1. The number of hydrogen-bond acceptors (Lipinski definition) is 4. The second-order valence-corrected chi connectivity index (χ2v) is 6.78. The van der Waals surface area contributed by atoms with Crippen molar-refractivity contribution in [3.63, 3.8) is 0 Å². The van der Waals surface area contributed by atoms with Gasteiger partial charge in [0.05, 0.1) is 11.4 Å². The fraction of sp³-hybridized carbons (Fsp3) is 0.227. The van der Waals surface area contributed by atoms with Crippen LogP contribution in [-0.2, 0) is 9.59 Å². The summed E-state index contributed by atoms with van der Waals surface area (Å²) in [6, 6.07) is 16.8. The van der Waals surface area contributed by atoms with E-state index in [0.717, 1.165) is 16.7 Å². The maximum Gasteiger partial charge on any atom is 0.229 e. The van der Waals surface area contributed by atoms with Crippen molar-refractivity contribution >= 4 is 28.4 Å². The fourth-order valence-electron chi connectivity index (χ4n) is 3.39. The first-order valence-corrected chi connectivity index (χ1v) is 9.34. The van der Waals surface area contributed by atoms with Crippen molar-refractivity contribution in [2.75, 3.05) is 18.4 Å². The molecule has 1 N–H and O–H groups in total. The zero-order valence-corrected chi connectivity index (χ0v) is 15.6. The molecular formula is C22H21N3O3. The lowest BCUT2D eigenvalue weighted by Gasteiger charge is -2.14. The number of anilines is 1. The van der Waals surface area contributed by atoms with E-state index in [0.29, 0.717) is 24.5 Å². The number of nitrogens with zero attached hydrogens (tertiary/aromatic N) is 2. The van der Waals surface area contributed by atoms with Crippen LogP contribution in [0.2, 0.25) is 0 Å². The van der Waals surface area contributed by atoms with Crippen LogP contribution in [0.4, 0.5) is 5.69 Å². The van der Waals surface area contributed by atoms with Crippen molar-refractivity contribution in [2.24, 2.45) is 5.92 Å². The van der Waals surface area contributed by atoms with Crippen molar-refractivity contribution in [1.82, 2.24) is 9.88 Å². The molecule has 1 aliphatic heterocycles. The highest BCUT2D eigenvalue weighted by molar-refractivity contribution is 5.97. The first-order valence-electron chi connectivity index (χ1n) is 9.34. The molecule has 0 spiro atoms. The Morgan fingerprint density at radius 1 is 1.18 bits per heavy atom. The lowest BCUT2D eigenvalue weighted by Crippen LogP contribution is -2.28. The van der Waals surface area contributed by atoms with Crippen LogP contribution in [0, 0.1) is 5.92 Å². The molecule has 2 aromatic carbocycles. The lowest BCUT2D eigenvalue weighted by atomic mass is 10.1. The van der Waals surface area contributed by atoms with Gasteiger partial charge in [-0.05, 0) is 49.4 Å². The number of aromatic nitrogens is 1. The molecule has 1 aliphatic rings. The molecule has 4 rings (SSSR count). The van der Waals surface area contributed by atoms with Crippen molar-refractivity contribution in [1.29, 1.82) is 0 Å². The Labute approximate surface area is 163 Å². The van der Waals surface area contributed by atoms with Crippen LogP contribution < -0.4 is 10.1 Å². The van der Waals surface area contributed by atoms with E-state index >= 15 is 0 Å². The van der Waals surface area contributed by atoms with Gasteiger partial charge in [-0.2, -0.15) is 0 Å². The van der Waals surface area contributed by atoms with Gasteiger partial charge in [0.1, 0.15) is 11.5 Å². The van der Waals surface area contributed by atoms with E-state index in [4.69, 9.17) is 4.74 Å². The summed E-state index contributed by atoms with van der Waals surface area (Å²) in [4.78, 5) is 30.3. The number of carbonyl (C=O) groups excluding carboxylic acids is 2. The van der Waals surface area contributed by atoms with Crippen molar-refractivity contribution in [3.05, 3.63) is 60.8 Å². The number of rotatable bonds is 5. The van der Waals surface area contributed by atoms with Gasteiger partial charge in [0.2, 0.25) is 11.8 Å². The van der Waals surface area contributed by atoms with Gasteiger partial charge in [-0.25, -0.2) is 0 Å². The molecule has 28 heavy (non-hydrogen) atoms. The Hall–Kier alpha value is -3.41. The molecule has 3 aromatic rings. The van der Waals surface area contributed by atoms with E-state index in [1.54, 1.807) is 23.2 Å². The quantitative estimate of drug-likeness (QED) is 0.736. The topological polar surface area (TPSA) is 71.5 Å². The van der Waals surface area contributed by atoms with Crippen LogP contribution in [0.15, 0.2) is 60.8 Å². The second-order valence-electron chi connectivity index (χ2n) is 6.78. The van der Waals surface area contributed by atoms with Crippen molar-refractivity contribution < 1.29 is 14.3 Å². The molecule has 0 saturated carbocycles. The third-order valence-corrected chi connectivity index (χ3v) is 4.93. The van der Waals surface area contributed by atoms with Crippen LogP contribution in [0.5, 0.6) is 11.5 Å². The molecule has 2 heterocycles. The molecule has 142 valence electrons. The van der Waals surface area contributed by atoms with E-state index in [-0.39, 0.29) is 24.2 Å². The molecule has 2 amide bonds. The smallest absolute Gasteiger partial charge is 0.229 e. The zero-order valence-electron chi connectivity index (χ0n) is 15.6. The van der Waals surface area contributed by atoms with E-state index in [9.17, 15) is 9.59 Å². The highest BCUT2D eigenvalue weighted by Crippen LogP contribution is 2.29. The number of nitrogens with one attached hydrogen (secondary N) is 1. The number of likely N-dealkylation sites (tertiary alicyclic amines) is 1. The van der Waals surface area contributed by atoms with Gasteiger partial charge in [0.25, 0.3) is 0 Å². The number of fused-ring (bicyclic) bond motifs is 1. The largest absolute Gasteiger partial charge is 0.457 e. The average Bonchev–Trinajstić information content (AvgIpc) is 3.11. The zero-order chi connectivity index (χ0) is 19.5. The summed E-state index contributed by atoms with van der Waals surface area (Å²) in [5, 5.41) is 3.83. The predicted molar refractivity (Wildman–Crippen MR) is 107 cm³/mol. The van der Waals surface area contributed by atoms with Gasteiger partial charge in [0, 0.05) is 36.8 Å². The number of ether oxygens (including phenoxy) is 1. The Bertz CT molecular complexity index is 1010. The van der Waals surface area contributed by atoms with E-state index in [1.165, 1.54) is 0 Å². The molecule has 1 atom stereocenters. The molecule has 6 nitrogen and oxygen atoms in total. The molecule has 0 aliphatic carbocycles. The van der Waals surface area contributed by atoms with Gasteiger partial charge in [0.15, 0.2) is 0 Å². The Morgan fingerprint density at radius 2 is 1.96 bits per heavy atom. The van der Waals surface area contributed by atoms with Crippen LogP contribution in [0.3, 0.4) is 0 Å². The summed E-state index contributed by atoms with van der Waals surface area (Å²) in [7, 11) is 0. The number of benzene rings is 2. The van der Waals surface area contributed by atoms with Crippen LogP contribution in [-0.4, -0.2) is 34.8 Å². The SMILES string of the molecule is CCN1C[C@@H](C(=O)Nc2ccc(Oc3ccnc4ccccc34)cc2)CC1=O. The minimum Gasteiger partial charge on any atom is -0.457 e. The minimum atomic E-state index is -0.299. The first kappa shape index (κ1) is 18.0. The predicted octanol–water partition coefficient (Wildman–Crippen LogP) is 3.83. The Balaban J connectivity index is 1.43. The van der Waals surface area contributed by atoms with Crippen molar-refractivity contribution in [2.45, 2.75) is 13.3 Å². The first-order chi connectivity index (χ1) is 13.6. The summed E-state index contributed by atoms with van der Waals surface area (Å²) < 4.78 is 5.99. The third kappa shape index (κ3) is 3.67. The van der Waals surface area contributed by atoms with Crippen LogP contribution in [0.25, 0.3) is 10.9 Å². The number of hydrogen-bond donors (Lipinski definition) is 1. The summed E-state index contributed by atoms with van der Waals surface area (Å²) >= 11 is 0. The normalized spacial score (nSPS) is 16.4. The number of carbonyl (C=O) groups is 2. The molecule has 0 unspecified atom stereocenters. The van der Waals surface area contributed by atoms with Crippen LogP contribution in [0.1, 0.15) is 13.3 Å². The maximum absolute atomic E-state index is 12.4. The number of amides is 2. The Morgan fingerprint density at radius 3 is 2.71 bits per heavy atom. The van der Waals surface area contributed by atoms with Crippen molar-refractivity contribution in [3.8, 4) is 11.5 Å². The average molecular weight is 375 g/mol. The molecule has 1 fully saturated rings. The monoisotopic (exact) mass is 375 g/mol. The van der Waals surface area contributed by atoms with Gasteiger partial charge >= 0.3 is 0 Å². The summed E-state index contributed by atoms with van der Waals surface area (Å²) in [5.41, 5.74) is 1.55. The molecule has 6 heteroatoms. The highest BCUT2D eigenvalue weighted by atomic mass is 16.5. The molecule has 1 saturated heterocycles. The molecule has 0 bridgehead atoms.